The summed E-state index contributed by atoms with van der Waals surface area (Å²) in [5.74, 6) is -1.11. The zero-order chi connectivity index (χ0) is 21.5. The molecule has 3 rings (SSSR count). The quantitative estimate of drug-likeness (QED) is 0.500. The largest absolute Gasteiger partial charge is 0.467 e. The van der Waals surface area contributed by atoms with E-state index >= 15 is 0 Å². The van der Waals surface area contributed by atoms with Gasteiger partial charge in [-0.2, -0.15) is 0 Å². The van der Waals surface area contributed by atoms with Crippen LogP contribution < -0.4 is 10.6 Å². The summed E-state index contributed by atoms with van der Waals surface area (Å²) in [5.41, 5.74) is 2.68. The highest BCUT2D eigenvalue weighted by Gasteiger charge is 2.25. The maximum atomic E-state index is 12.8. The summed E-state index contributed by atoms with van der Waals surface area (Å²) in [7, 11) is 1.29. The molecule has 7 heteroatoms. The minimum absolute atomic E-state index is 0.00493. The Morgan fingerprint density at radius 3 is 2.40 bits per heavy atom. The second kappa shape index (κ2) is 9.73. The van der Waals surface area contributed by atoms with Gasteiger partial charge in [-0.15, -0.1) is 0 Å². The molecule has 1 aromatic heterocycles. The van der Waals surface area contributed by atoms with Gasteiger partial charge < -0.3 is 20.4 Å². The molecule has 0 aliphatic rings. The molecule has 3 aromatic rings. The molecule has 3 N–H and O–H groups in total. The number of methoxy groups -OCH3 is 1. The molecule has 0 spiro atoms. The maximum Gasteiger partial charge on any atom is 0.328 e. The fourth-order valence-electron chi connectivity index (χ4n) is 3.48. The zero-order valence-electron chi connectivity index (χ0n) is 17.0. The summed E-state index contributed by atoms with van der Waals surface area (Å²) in [5, 5.41) is 6.54. The Kier molecular flexibility index (Phi) is 6.85. The molecule has 0 aliphatic carbocycles. The third kappa shape index (κ3) is 5.26. The summed E-state index contributed by atoms with van der Waals surface area (Å²) >= 11 is 0. The maximum absolute atomic E-state index is 12.8. The van der Waals surface area contributed by atoms with E-state index in [9.17, 15) is 14.4 Å². The number of aromatic amines is 1. The Balaban J connectivity index is 1.74. The molecule has 0 saturated carbocycles. The predicted octanol–water partition coefficient (Wildman–Crippen LogP) is 2.64. The molecule has 2 atom stereocenters. The number of hydrogen-bond acceptors (Lipinski definition) is 4. The zero-order valence-corrected chi connectivity index (χ0v) is 17.0. The fraction of sp³-hybridized carbons (Fsp3) is 0.261. The number of fused-ring (bicyclic) bond motifs is 1. The van der Waals surface area contributed by atoms with Crippen molar-refractivity contribution < 1.29 is 19.1 Å². The lowest BCUT2D eigenvalue weighted by Gasteiger charge is -2.21. The number of carbonyl (C=O) groups excluding carboxylic acids is 3. The first kappa shape index (κ1) is 21.1. The van der Waals surface area contributed by atoms with E-state index in [-0.39, 0.29) is 18.2 Å². The van der Waals surface area contributed by atoms with Crippen molar-refractivity contribution in [2.24, 2.45) is 0 Å². The highest BCUT2D eigenvalue weighted by molar-refractivity contribution is 5.87. The second-order valence-corrected chi connectivity index (χ2v) is 7.07. The molecule has 2 aromatic carbocycles. The van der Waals surface area contributed by atoms with E-state index in [1.165, 1.54) is 14.0 Å². The van der Waals surface area contributed by atoms with Crippen LogP contribution in [-0.2, 0) is 25.5 Å². The molecule has 0 saturated heterocycles. The van der Waals surface area contributed by atoms with E-state index in [2.05, 4.69) is 15.6 Å². The number of esters is 1. The van der Waals surface area contributed by atoms with Gasteiger partial charge in [0.05, 0.1) is 19.6 Å². The molecule has 0 aliphatic heterocycles. The normalized spacial score (nSPS) is 12.7. The van der Waals surface area contributed by atoms with Crippen molar-refractivity contribution >= 4 is 28.7 Å². The van der Waals surface area contributed by atoms with E-state index in [4.69, 9.17) is 4.74 Å². The highest BCUT2D eigenvalue weighted by Crippen LogP contribution is 2.20. The lowest BCUT2D eigenvalue weighted by Crippen LogP contribution is -2.44. The molecule has 156 valence electrons. The first-order valence-electron chi connectivity index (χ1n) is 9.72. The van der Waals surface area contributed by atoms with Gasteiger partial charge in [0.1, 0.15) is 6.04 Å². The minimum atomic E-state index is -0.838. The summed E-state index contributed by atoms with van der Waals surface area (Å²) in [6.45, 7) is 1.40. The first-order chi connectivity index (χ1) is 14.5. The van der Waals surface area contributed by atoms with Crippen LogP contribution in [0.1, 0.15) is 30.5 Å². The number of H-pyrrole nitrogens is 1. The van der Waals surface area contributed by atoms with Crippen LogP contribution in [0.3, 0.4) is 0 Å². The molecule has 0 fully saturated rings. The summed E-state index contributed by atoms with van der Waals surface area (Å²) in [4.78, 5) is 39.8. The highest BCUT2D eigenvalue weighted by atomic mass is 16.5. The molecule has 2 unspecified atom stereocenters. The van der Waals surface area contributed by atoms with Crippen molar-refractivity contribution in [1.29, 1.82) is 0 Å². The molecule has 0 radical (unpaired) electrons. The van der Waals surface area contributed by atoms with E-state index in [0.29, 0.717) is 6.42 Å². The Hall–Kier alpha value is -3.61. The third-order valence-electron chi connectivity index (χ3n) is 4.89. The second-order valence-electron chi connectivity index (χ2n) is 7.07. The van der Waals surface area contributed by atoms with Gasteiger partial charge in [-0.05, 0) is 17.2 Å². The van der Waals surface area contributed by atoms with Gasteiger partial charge >= 0.3 is 5.97 Å². The number of aromatic nitrogens is 1. The summed E-state index contributed by atoms with van der Waals surface area (Å²) in [6, 6.07) is 15.7. The van der Waals surface area contributed by atoms with Crippen molar-refractivity contribution in [3.8, 4) is 0 Å². The van der Waals surface area contributed by atoms with Gasteiger partial charge in [-0.1, -0.05) is 48.5 Å². The molecular weight excluding hydrogens is 382 g/mol. The van der Waals surface area contributed by atoms with E-state index in [1.807, 2.05) is 60.8 Å². The average Bonchev–Trinajstić information content (AvgIpc) is 3.15. The van der Waals surface area contributed by atoms with Crippen LogP contribution >= 0.6 is 0 Å². The van der Waals surface area contributed by atoms with Crippen molar-refractivity contribution in [3.63, 3.8) is 0 Å². The van der Waals surface area contributed by atoms with Crippen LogP contribution in [0.15, 0.2) is 60.8 Å². The molecule has 0 bridgehead atoms. The monoisotopic (exact) mass is 407 g/mol. The van der Waals surface area contributed by atoms with Gasteiger partial charge in [-0.25, -0.2) is 4.79 Å². The van der Waals surface area contributed by atoms with Gasteiger partial charge in [0.2, 0.25) is 11.8 Å². The molecule has 30 heavy (non-hydrogen) atoms. The van der Waals surface area contributed by atoms with Crippen LogP contribution in [0.2, 0.25) is 0 Å². The van der Waals surface area contributed by atoms with Gasteiger partial charge in [-0.3, -0.25) is 9.59 Å². The molecule has 1 heterocycles. The number of nitrogens with one attached hydrogen (secondary N) is 3. The van der Waals surface area contributed by atoms with Gasteiger partial charge in [0, 0.05) is 30.4 Å². The average molecular weight is 407 g/mol. The van der Waals surface area contributed by atoms with Crippen LogP contribution in [0.4, 0.5) is 0 Å². The topological polar surface area (TPSA) is 100 Å². The number of rotatable bonds is 8. The SMILES string of the molecule is COC(=O)C(Cc1c[nH]c2ccccc12)NC(=O)CC(NC(C)=O)c1ccccc1. The number of carbonyl (C=O) groups is 3. The Morgan fingerprint density at radius 2 is 1.70 bits per heavy atom. The molecule has 7 nitrogen and oxygen atoms in total. The number of benzene rings is 2. The van der Waals surface area contributed by atoms with E-state index < -0.39 is 18.1 Å². The van der Waals surface area contributed by atoms with Crippen molar-refractivity contribution in [2.45, 2.75) is 31.8 Å². The number of para-hydroxylation sites is 1. The van der Waals surface area contributed by atoms with Crippen LogP contribution in [-0.4, -0.2) is 35.9 Å². The third-order valence-corrected chi connectivity index (χ3v) is 4.89. The lowest BCUT2D eigenvalue weighted by atomic mass is 10.0. The molecule has 2 amide bonds. The Morgan fingerprint density at radius 1 is 1.00 bits per heavy atom. The van der Waals surface area contributed by atoms with Crippen LogP contribution in [0.5, 0.6) is 0 Å². The molecular formula is C23H25N3O4. The minimum Gasteiger partial charge on any atom is -0.467 e. The standard InChI is InChI=1S/C23H25N3O4/c1-15(27)25-20(16-8-4-3-5-9-16)13-22(28)26-21(23(29)30-2)12-17-14-24-19-11-7-6-10-18(17)19/h3-11,14,20-21,24H,12-13H2,1-2H3,(H,25,27)(H,26,28). The van der Waals surface area contributed by atoms with Crippen molar-refractivity contribution in [3.05, 3.63) is 71.9 Å². The van der Waals surface area contributed by atoms with Crippen LogP contribution in [0, 0.1) is 0 Å². The number of amides is 2. The van der Waals surface area contributed by atoms with Gasteiger partial charge in [0.15, 0.2) is 0 Å². The first-order valence-corrected chi connectivity index (χ1v) is 9.72. The Labute approximate surface area is 174 Å². The van der Waals surface area contributed by atoms with E-state index in [0.717, 1.165) is 22.0 Å². The predicted molar refractivity (Wildman–Crippen MR) is 114 cm³/mol. The van der Waals surface area contributed by atoms with E-state index in [1.54, 1.807) is 0 Å². The van der Waals surface area contributed by atoms with Crippen molar-refractivity contribution in [2.75, 3.05) is 7.11 Å². The number of ether oxygens (including phenoxy) is 1. The smallest absolute Gasteiger partial charge is 0.328 e. The van der Waals surface area contributed by atoms with Crippen LogP contribution in [0.25, 0.3) is 10.9 Å². The summed E-state index contributed by atoms with van der Waals surface area (Å²) < 4.78 is 4.89. The summed E-state index contributed by atoms with van der Waals surface area (Å²) in [6.07, 6.45) is 2.13. The fourth-order valence-corrected chi connectivity index (χ4v) is 3.48. The number of hydrogen-bond donors (Lipinski definition) is 3. The lowest BCUT2D eigenvalue weighted by molar-refractivity contribution is -0.145. The van der Waals surface area contributed by atoms with Crippen molar-refractivity contribution in [1.82, 2.24) is 15.6 Å². The van der Waals surface area contributed by atoms with Gasteiger partial charge in [0.25, 0.3) is 0 Å². The Bertz CT molecular complexity index is 1030.